The Bertz CT molecular complexity index is 832. The van der Waals surface area contributed by atoms with Crippen LogP contribution in [-0.4, -0.2) is 98.5 Å². The molecule has 0 aromatic heterocycles. The van der Waals surface area contributed by atoms with Gasteiger partial charge in [0.2, 0.25) is 5.91 Å². The fourth-order valence-corrected chi connectivity index (χ4v) is 3.68. The zero-order chi connectivity index (χ0) is 21.7. The minimum Gasteiger partial charge on any atom is -0.385 e. The van der Waals surface area contributed by atoms with E-state index in [4.69, 9.17) is 9.47 Å². The van der Waals surface area contributed by atoms with Gasteiger partial charge in [0.05, 0.1) is 24.2 Å². The van der Waals surface area contributed by atoms with Gasteiger partial charge in [-0.05, 0) is 24.6 Å². The van der Waals surface area contributed by atoms with Crippen LogP contribution in [0.2, 0.25) is 0 Å². The molecule has 9 nitrogen and oxygen atoms in total. The first kappa shape index (κ1) is 21.9. The van der Waals surface area contributed by atoms with E-state index in [1.165, 1.54) is 11.0 Å². The van der Waals surface area contributed by atoms with Crippen molar-refractivity contribution in [3.05, 3.63) is 34.9 Å². The van der Waals surface area contributed by atoms with Gasteiger partial charge in [0, 0.05) is 59.1 Å². The van der Waals surface area contributed by atoms with Gasteiger partial charge in [0.1, 0.15) is 0 Å². The highest BCUT2D eigenvalue weighted by atomic mass is 16.5. The summed E-state index contributed by atoms with van der Waals surface area (Å²) in [5.74, 6) is -0.915. The van der Waals surface area contributed by atoms with E-state index < -0.39 is 0 Å². The van der Waals surface area contributed by atoms with Crippen molar-refractivity contribution in [1.29, 1.82) is 0 Å². The molecule has 162 valence electrons. The second-order valence-corrected chi connectivity index (χ2v) is 7.28. The molecule has 1 fully saturated rings. The molecule has 0 radical (unpaired) electrons. The maximum Gasteiger partial charge on any atom is 0.261 e. The van der Waals surface area contributed by atoms with Crippen molar-refractivity contribution >= 4 is 23.6 Å². The molecule has 4 amide bonds. The molecule has 2 aliphatic rings. The van der Waals surface area contributed by atoms with Gasteiger partial charge in [-0.1, -0.05) is 0 Å². The fraction of sp³-hybridized carbons (Fsp3) is 0.524. The summed E-state index contributed by atoms with van der Waals surface area (Å²) in [6, 6.07) is 4.63. The number of nitrogens with zero attached hydrogens (tertiary/aromatic N) is 3. The van der Waals surface area contributed by atoms with Gasteiger partial charge < -0.3 is 19.3 Å². The summed E-state index contributed by atoms with van der Waals surface area (Å²) in [6.45, 7) is 2.88. The van der Waals surface area contributed by atoms with Crippen molar-refractivity contribution in [2.75, 3.05) is 60.2 Å². The Morgan fingerprint density at radius 1 is 0.900 bits per heavy atom. The summed E-state index contributed by atoms with van der Waals surface area (Å²) in [5, 5.41) is 0. The largest absolute Gasteiger partial charge is 0.385 e. The van der Waals surface area contributed by atoms with Crippen LogP contribution < -0.4 is 0 Å². The molecule has 2 heterocycles. The highest BCUT2D eigenvalue weighted by molar-refractivity contribution is 6.22. The van der Waals surface area contributed by atoms with E-state index in [0.29, 0.717) is 63.4 Å². The Labute approximate surface area is 175 Å². The first-order valence-corrected chi connectivity index (χ1v) is 10.0. The average Bonchev–Trinajstić information content (AvgIpc) is 3.01. The van der Waals surface area contributed by atoms with Crippen LogP contribution in [-0.2, 0) is 14.3 Å². The van der Waals surface area contributed by atoms with Crippen LogP contribution in [0.15, 0.2) is 18.2 Å². The molecule has 2 aliphatic heterocycles. The van der Waals surface area contributed by atoms with Crippen LogP contribution in [0.3, 0.4) is 0 Å². The maximum atomic E-state index is 12.9. The lowest BCUT2D eigenvalue weighted by Crippen LogP contribution is -2.50. The third-order valence-corrected chi connectivity index (χ3v) is 5.39. The number of hydrogen-bond donors (Lipinski definition) is 0. The molecule has 3 rings (SSSR count). The first-order chi connectivity index (χ1) is 14.5. The number of imide groups is 1. The summed E-state index contributed by atoms with van der Waals surface area (Å²) in [7, 11) is 3.12. The van der Waals surface area contributed by atoms with Crippen molar-refractivity contribution in [2.45, 2.75) is 12.8 Å². The minimum absolute atomic E-state index is 0.0131. The Morgan fingerprint density at radius 2 is 1.53 bits per heavy atom. The average molecular weight is 417 g/mol. The molecule has 30 heavy (non-hydrogen) atoms. The smallest absolute Gasteiger partial charge is 0.261 e. The van der Waals surface area contributed by atoms with Crippen LogP contribution >= 0.6 is 0 Å². The quantitative estimate of drug-likeness (QED) is 0.455. The van der Waals surface area contributed by atoms with Gasteiger partial charge in [-0.15, -0.1) is 0 Å². The first-order valence-electron chi connectivity index (χ1n) is 10.0. The molecule has 1 aromatic carbocycles. The SMILES string of the molecule is COCCCN1C(=O)c2ccc(C(=O)N3CCN(C(=O)CCOC)CC3)cc2C1=O. The van der Waals surface area contributed by atoms with Crippen molar-refractivity contribution in [2.24, 2.45) is 0 Å². The predicted octanol–water partition coefficient (Wildman–Crippen LogP) is 0.640. The maximum absolute atomic E-state index is 12.9. The number of methoxy groups -OCH3 is 2. The Morgan fingerprint density at radius 3 is 2.20 bits per heavy atom. The third kappa shape index (κ3) is 4.52. The number of hydrogen-bond acceptors (Lipinski definition) is 6. The van der Waals surface area contributed by atoms with Crippen LogP contribution in [0, 0.1) is 0 Å². The van der Waals surface area contributed by atoms with E-state index in [9.17, 15) is 19.2 Å². The van der Waals surface area contributed by atoms with Crippen molar-refractivity contribution in [3.8, 4) is 0 Å². The monoisotopic (exact) mass is 417 g/mol. The van der Waals surface area contributed by atoms with Crippen molar-refractivity contribution < 1.29 is 28.7 Å². The minimum atomic E-state index is -0.380. The highest BCUT2D eigenvalue weighted by Crippen LogP contribution is 2.25. The molecule has 0 N–H and O–H groups in total. The number of piperazine rings is 1. The topological polar surface area (TPSA) is 96.5 Å². The van der Waals surface area contributed by atoms with E-state index in [2.05, 4.69) is 0 Å². The van der Waals surface area contributed by atoms with E-state index in [1.807, 2.05) is 0 Å². The second-order valence-electron chi connectivity index (χ2n) is 7.28. The van der Waals surface area contributed by atoms with Crippen LogP contribution in [0.1, 0.15) is 43.9 Å². The lowest BCUT2D eigenvalue weighted by Gasteiger charge is -2.35. The third-order valence-electron chi connectivity index (χ3n) is 5.39. The second kappa shape index (κ2) is 9.82. The van der Waals surface area contributed by atoms with Gasteiger partial charge >= 0.3 is 0 Å². The van der Waals surface area contributed by atoms with Crippen LogP contribution in [0.5, 0.6) is 0 Å². The number of carbonyl (C=O) groups is 4. The summed E-state index contributed by atoms with van der Waals surface area (Å²) in [6.07, 6.45) is 0.882. The molecule has 0 spiro atoms. The van der Waals surface area contributed by atoms with Crippen LogP contribution in [0.4, 0.5) is 0 Å². The Hall–Kier alpha value is -2.78. The number of rotatable bonds is 8. The summed E-state index contributed by atoms with van der Waals surface area (Å²) in [5.41, 5.74) is 0.951. The predicted molar refractivity (Wildman–Crippen MR) is 107 cm³/mol. The summed E-state index contributed by atoms with van der Waals surface area (Å²) < 4.78 is 9.91. The fourth-order valence-electron chi connectivity index (χ4n) is 3.68. The highest BCUT2D eigenvalue weighted by Gasteiger charge is 2.36. The van der Waals surface area contributed by atoms with E-state index in [1.54, 1.807) is 36.2 Å². The van der Waals surface area contributed by atoms with E-state index >= 15 is 0 Å². The number of benzene rings is 1. The number of carbonyl (C=O) groups excluding carboxylic acids is 4. The molecule has 0 atom stereocenters. The van der Waals surface area contributed by atoms with E-state index in [0.717, 1.165) is 0 Å². The van der Waals surface area contributed by atoms with Crippen LogP contribution in [0.25, 0.3) is 0 Å². The molecule has 1 aromatic rings. The van der Waals surface area contributed by atoms with Gasteiger partial charge in [-0.25, -0.2) is 0 Å². The summed E-state index contributed by atoms with van der Waals surface area (Å²) >= 11 is 0. The molecule has 0 unspecified atom stereocenters. The standard InChI is InChI=1S/C21H27N3O6/c1-29-12-3-7-24-20(27)16-5-4-15(14-17(16)21(24)28)19(26)23-10-8-22(9-11-23)18(25)6-13-30-2/h4-5,14H,3,6-13H2,1-2H3. The van der Waals surface area contributed by atoms with Crippen molar-refractivity contribution in [3.63, 3.8) is 0 Å². The van der Waals surface area contributed by atoms with Gasteiger partial charge in [-0.3, -0.25) is 24.1 Å². The Kier molecular flexibility index (Phi) is 7.17. The molecule has 9 heteroatoms. The molecule has 0 aliphatic carbocycles. The normalized spacial score (nSPS) is 16.3. The number of amides is 4. The molecule has 0 bridgehead atoms. The zero-order valence-electron chi connectivity index (χ0n) is 17.4. The molecule has 1 saturated heterocycles. The Balaban J connectivity index is 1.64. The van der Waals surface area contributed by atoms with Gasteiger partial charge in [-0.2, -0.15) is 0 Å². The van der Waals surface area contributed by atoms with E-state index in [-0.39, 0.29) is 35.7 Å². The number of fused-ring (bicyclic) bond motifs is 1. The lowest BCUT2D eigenvalue weighted by atomic mass is 10.0. The van der Waals surface area contributed by atoms with Gasteiger partial charge in [0.25, 0.3) is 17.7 Å². The molecular formula is C21H27N3O6. The number of ether oxygens (including phenoxy) is 2. The molecular weight excluding hydrogens is 390 g/mol. The summed E-state index contributed by atoms with van der Waals surface area (Å²) in [4.78, 5) is 54.7. The van der Waals surface area contributed by atoms with Gasteiger partial charge in [0.15, 0.2) is 0 Å². The lowest BCUT2D eigenvalue weighted by molar-refractivity contribution is -0.133. The molecule has 0 saturated carbocycles. The zero-order valence-corrected chi connectivity index (χ0v) is 17.4. The van der Waals surface area contributed by atoms with Crippen molar-refractivity contribution in [1.82, 2.24) is 14.7 Å².